The quantitative estimate of drug-likeness (QED) is 0.857. The molecule has 0 bridgehead atoms. The van der Waals surface area contributed by atoms with Gasteiger partial charge in [-0.05, 0) is 38.0 Å². The standard InChI is InChI=1S/C14H18N4OS/c1-4-15-13(19)8-20-14-17-16-9-18(14)12-7-10(2)5-6-11(12)3/h5-7,9H,4,8H2,1-3H3,(H,15,19). The van der Waals surface area contributed by atoms with Gasteiger partial charge in [-0.3, -0.25) is 9.36 Å². The van der Waals surface area contributed by atoms with Gasteiger partial charge in [0, 0.05) is 6.54 Å². The van der Waals surface area contributed by atoms with E-state index in [4.69, 9.17) is 0 Å². The molecule has 6 heteroatoms. The van der Waals surface area contributed by atoms with Crippen LogP contribution in [0.5, 0.6) is 0 Å². The first kappa shape index (κ1) is 14.6. The molecule has 0 atom stereocenters. The van der Waals surface area contributed by atoms with Crippen molar-refractivity contribution in [2.75, 3.05) is 12.3 Å². The topological polar surface area (TPSA) is 59.8 Å². The molecule has 2 aromatic rings. The molecule has 0 saturated carbocycles. The molecule has 20 heavy (non-hydrogen) atoms. The first-order valence-corrected chi connectivity index (χ1v) is 7.47. The third kappa shape index (κ3) is 3.39. The van der Waals surface area contributed by atoms with E-state index in [-0.39, 0.29) is 5.91 Å². The summed E-state index contributed by atoms with van der Waals surface area (Å²) in [6.45, 7) is 6.64. The molecule has 0 aliphatic carbocycles. The highest BCUT2D eigenvalue weighted by molar-refractivity contribution is 7.99. The average molecular weight is 290 g/mol. The first-order chi connectivity index (χ1) is 9.61. The summed E-state index contributed by atoms with van der Waals surface area (Å²) in [5, 5.41) is 11.5. The molecule has 5 nitrogen and oxygen atoms in total. The zero-order valence-corrected chi connectivity index (χ0v) is 12.7. The van der Waals surface area contributed by atoms with Gasteiger partial charge in [-0.1, -0.05) is 23.9 Å². The fraction of sp³-hybridized carbons (Fsp3) is 0.357. The maximum absolute atomic E-state index is 11.5. The third-order valence-corrected chi connectivity index (χ3v) is 3.79. The first-order valence-electron chi connectivity index (χ1n) is 6.49. The van der Waals surface area contributed by atoms with Crippen LogP contribution in [0.2, 0.25) is 0 Å². The summed E-state index contributed by atoms with van der Waals surface area (Å²) in [6.07, 6.45) is 1.68. The van der Waals surface area contributed by atoms with E-state index in [1.54, 1.807) is 6.33 Å². The highest BCUT2D eigenvalue weighted by Crippen LogP contribution is 2.22. The predicted octanol–water partition coefficient (Wildman–Crippen LogP) is 2.11. The van der Waals surface area contributed by atoms with Gasteiger partial charge in [-0.25, -0.2) is 0 Å². The van der Waals surface area contributed by atoms with Gasteiger partial charge in [0.1, 0.15) is 6.33 Å². The van der Waals surface area contributed by atoms with Crippen LogP contribution in [0.3, 0.4) is 0 Å². The van der Waals surface area contributed by atoms with Crippen LogP contribution < -0.4 is 5.32 Å². The Balaban J connectivity index is 2.20. The fourth-order valence-electron chi connectivity index (χ4n) is 1.85. The largest absolute Gasteiger partial charge is 0.356 e. The molecule has 0 saturated heterocycles. The number of aryl methyl sites for hydroxylation is 2. The van der Waals surface area contributed by atoms with Crippen molar-refractivity contribution in [1.82, 2.24) is 20.1 Å². The molecule has 0 spiro atoms. The molecule has 1 N–H and O–H groups in total. The summed E-state index contributed by atoms with van der Waals surface area (Å²) in [6, 6.07) is 6.24. The Morgan fingerprint density at radius 3 is 2.95 bits per heavy atom. The molecule has 0 aliphatic heterocycles. The van der Waals surface area contributed by atoms with Crippen LogP contribution in [0, 0.1) is 13.8 Å². The summed E-state index contributed by atoms with van der Waals surface area (Å²) in [7, 11) is 0. The Morgan fingerprint density at radius 1 is 1.40 bits per heavy atom. The van der Waals surface area contributed by atoms with Gasteiger partial charge in [0.25, 0.3) is 0 Å². The number of carbonyl (C=O) groups is 1. The van der Waals surface area contributed by atoms with E-state index in [0.29, 0.717) is 12.3 Å². The number of thioether (sulfide) groups is 1. The van der Waals surface area contributed by atoms with Crippen LogP contribution in [-0.2, 0) is 4.79 Å². The maximum atomic E-state index is 11.5. The highest BCUT2D eigenvalue weighted by atomic mass is 32.2. The number of hydrogen-bond donors (Lipinski definition) is 1. The fourth-order valence-corrected chi connectivity index (χ4v) is 2.60. The van der Waals surface area contributed by atoms with E-state index in [9.17, 15) is 4.79 Å². The molecule has 0 aliphatic rings. The average Bonchev–Trinajstić information content (AvgIpc) is 2.88. The molecule has 0 unspecified atom stereocenters. The number of nitrogens with one attached hydrogen (secondary N) is 1. The summed E-state index contributed by atoms with van der Waals surface area (Å²) in [5.74, 6) is 0.352. The summed E-state index contributed by atoms with van der Waals surface area (Å²) >= 11 is 1.39. The molecule has 0 fully saturated rings. The van der Waals surface area contributed by atoms with Crippen LogP contribution >= 0.6 is 11.8 Å². The lowest BCUT2D eigenvalue weighted by Crippen LogP contribution is -2.24. The Hall–Kier alpha value is -1.82. The smallest absolute Gasteiger partial charge is 0.230 e. The lowest BCUT2D eigenvalue weighted by atomic mass is 10.1. The zero-order chi connectivity index (χ0) is 14.5. The molecule has 1 aromatic carbocycles. The van der Waals surface area contributed by atoms with Gasteiger partial charge in [0.05, 0.1) is 11.4 Å². The van der Waals surface area contributed by atoms with Gasteiger partial charge >= 0.3 is 0 Å². The molecule has 1 amide bonds. The lowest BCUT2D eigenvalue weighted by molar-refractivity contribution is -0.118. The minimum atomic E-state index is 0.00742. The SMILES string of the molecule is CCNC(=O)CSc1nncn1-c1cc(C)ccc1C. The number of hydrogen-bond acceptors (Lipinski definition) is 4. The Bertz CT molecular complexity index is 609. The van der Waals surface area contributed by atoms with Crippen molar-refractivity contribution < 1.29 is 4.79 Å². The van der Waals surface area contributed by atoms with Crippen molar-refractivity contribution >= 4 is 17.7 Å². The van der Waals surface area contributed by atoms with Crippen LogP contribution in [0.1, 0.15) is 18.1 Å². The van der Waals surface area contributed by atoms with Crippen LogP contribution in [-0.4, -0.2) is 33.0 Å². The summed E-state index contributed by atoms with van der Waals surface area (Å²) < 4.78 is 1.92. The van der Waals surface area contributed by atoms with Gasteiger partial charge in [-0.15, -0.1) is 10.2 Å². The van der Waals surface area contributed by atoms with Crippen molar-refractivity contribution in [3.63, 3.8) is 0 Å². The van der Waals surface area contributed by atoms with Crippen molar-refractivity contribution in [1.29, 1.82) is 0 Å². The molecule has 1 aromatic heterocycles. The number of rotatable bonds is 5. The Morgan fingerprint density at radius 2 is 2.20 bits per heavy atom. The van der Waals surface area contributed by atoms with E-state index in [0.717, 1.165) is 16.4 Å². The van der Waals surface area contributed by atoms with Gasteiger partial charge in [0.2, 0.25) is 5.91 Å². The van der Waals surface area contributed by atoms with Crippen LogP contribution in [0.4, 0.5) is 0 Å². The van der Waals surface area contributed by atoms with E-state index >= 15 is 0 Å². The monoisotopic (exact) mass is 290 g/mol. The minimum Gasteiger partial charge on any atom is -0.356 e. The number of carbonyl (C=O) groups excluding carboxylic acids is 1. The second-order valence-corrected chi connectivity index (χ2v) is 5.46. The number of aromatic nitrogens is 3. The zero-order valence-electron chi connectivity index (χ0n) is 11.9. The second-order valence-electron chi connectivity index (χ2n) is 4.52. The number of benzene rings is 1. The summed E-state index contributed by atoms with van der Waals surface area (Å²) in [5.41, 5.74) is 3.38. The highest BCUT2D eigenvalue weighted by Gasteiger charge is 2.11. The van der Waals surface area contributed by atoms with Gasteiger partial charge in [0.15, 0.2) is 5.16 Å². The number of amides is 1. The third-order valence-electron chi connectivity index (χ3n) is 2.85. The van der Waals surface area contributed by atoms with Crippen molar-refractivity contribution in [3.05, 3.63) is 35.7 Å². The molecule has 1 heterocycles. The van der Waals surface area contributed by atoms with E-state index < -0.39 is 0 Å². The van der Waals surface area contributed by atoms with Crippen molar-refractivity contribution in [2.45, 2.75) is 25.9 Å². The molecular weight excluding hydrogens is 272 g/mol. The van der Waals surface area contributed by atoms with Crippen LogP contribution in [0.25, 0.3) is 5.69 Å². The van der Waals surface area contributed by atoms with Gasteiger partial charge in [-0.2, -0.15) is 0 Å². The summed E-state index contributed by atoms with van der Waals surface area (Å²) in [4.78, 5) is 11.5. The molecule has 2 rings (SSSR count). The van der Waals surface area contributed by atoms with Gasteiger partial charge < -0.3 is 5.32 Å². The maximum Gasteiger partial charge on any atom is 0.230 e. The Labute approximate surface area is 122 Å². The minimum absolute atomic E-state index is 0.00742. The van der Waals surface area contributed by atoms with Crippen LogP contribution in [0.15, 0.2) is 29.7 Å². The van der Waals surface area contributed by atoms with Crippen molar-refractivity contribution in [2.24, 2.45) is 0 Å². The van der Waals surface area contributed by atoms with E-state index in [1.807, 2.05) is 18.4 Å². The lowest BCUT2D eigenvalue weighted by Gasteiger charge is -2.10. The normalized spacial score (nSPS) is 10.6. The van der Waals surface area contributed by atoms with Crippen molar-refractivity contribution in [3.8, 4) is 5.69 Å². The molecule has 106 valence electrons. The van der Waals surface area contributed by atoms with E-state index in [2.05, 4.69) is 40.6 Å². The second kappa shape index (κ2) is 6.56. The van der Waals surface area contributed by atoms with E-state index in [1.165, 1.54) is 17.3 Å². The predicted molar refractivity (Wildman–Crippen MR) is 80.2 cm³/mol. The molecular formula is C14H18N4OS. The number of nitrogens with zero attached hydrogens (tertiary/aromatic N) is 3. The Kier molecular flexibility index (Phi) is 4.79. The molecule has 0 radical (unpaired) electrons.